The average molecular weight is 332 g/mol. The SMILES string of the molecule is CCC(=O)N[C@H](C(=O)Oc1cnc(-c2ccccc2)s1)C(C)C. The Hall–Kier alpha value is -2.21. The minimum absolute atomic E-state index is 0.0560. The second-order valence-electron chi connectivity index (χ2n) is 5.41. The fraction of sp³-hybridized carbons (Fsp3) is 0.353. The largest absolute Gasteiger partial charge is 0.412 e. The van der Waals surface area contributed by atoms with E-state index in [1.54, 1.807) is 6.92 Å². The van der Waals surface area contributed by atoms with Crippen molar-refractivity contribution < 1.29 is 14.3 Å². The van der Waals surface area contributed by atoms with Crippen molar-refractivity contribution in [3.05, 3.63) is 36.5 Å². The van der Waals surface area contributed by atoms with Gasteiger partial charge in [-0.1, -0.05) is 62.4 Å². The van der Waals surface area contributed by atoms with Crippen LogP contribution in [0.1, 0.15) is 27.2 Å². The maximum Gasteiger partial charge on any atom is 0.335 e. The van der Waals surface area contributed by atoms with Gasteiger partial charge in [0.05, 0.1) is 6.20 Å². The highest BCUT2D eigenvalue weighted by Crippen LogP contribution is 2.30. The van der Waals surface area contributed by atoms with Crippen molar-refractivity contribution in [3.63, 3.8) is 0 Å². The van der Waals surface area contributed by atoms with Gasteiger partial charge in [0.25, 0.3) is 0 Å². The van der Waals surface area contributed by atoms with Crippen molar-refractivity contribution >= 4 is 23.2 Å². The van der Waals surface area contributed by atoms with Gasteiger partial charge < -0.3 is 10.1 Å². The molecule has 0 radical (unpaired) electrons. The van der Waals surface area contributed by atoms with Crippen LogP contribution in [0.25, 0.3) is 10.6 Å². The number of ether oxygens (including phenoxy) is 1. The molecule has 0 aliphatic carbocycles. The molecular weight excluding hydrogens is 312 g/mol. The van der Waals surface area contributed by atoms with Crippen LogP contribution < -0.4 is 10.1 Å². The first kappa shape index (κ1) is 17.1. The molecule has 0 aliphatic heterocycles. The quantitative estimate of drug-likeness (QED) is 0.824. The molecular formula is C17H20N2O3S. The van der Waals surface area contributed by atoms with Gasteiger partial charge in [0.15, 0.2) is 0 Å². The Labute approximate surface area is 139 Å². The molecule has 1 aromatic heterocycles. The Kier molecular flexibility index (Phi) is 5.87. The molecule has 2 rings (SSSR count). The summed E-state index contributed by atoms with van der Waals surface area (Å²) in [5.41, 5.74) is 0.972. The summed E-state index contributed by atoms with van der Waals surface area (Å²) in [7, 11) is 0. The molecule has 0 saturated heterocycles. The number of rotatable bonds is 6. The number of esters is 1. The smallest absolute Gasteiger partial charge is 0.335 e. The lowest BCUT2D eigenvalue weighted by molar-refractivity contribution is -0.140. The number of nitrogens with one attached hydrogen (secondary N) is 1. The van der Waals surface area contributed by atoms with Gasteiger partial charge in [-0.25, -0.2) is 9.78 Å². The second kappa shape index (κ2) is 7.87. The zero-order chi connectivity index (χ0) is 16.8. The van der Waals surface area contributed by atoms with Gasteiger partial charge in [0.2, 0.25) is 11.0 Å². The number of amides is 1. The molecule has 1 heterocycles. The van der Waals surface area contributed by atoms with E-state index in [0.29, 0.717) is 11.5 Å². The zero-order valence-electron chi connectivity index (χ0n) is 13.4. The molecule has 6 heteroatoms. The number of benzene rings is 1. The summed E-state index contributed by atoms with van der Waals surface area (Å²) < 4.78 is 5.39. The summed E-state index contributed by atoms with van der Waals surface area (Å²) in [6.07, 6.45) is 1.86. The summed E-state index contributed by atoms with van der Waals surface area (Å²) in [4.78, 5) is 28.1. The molecule has 122 valence electrons. The monoisotopic (exact) mass is 332 g/mol. The van der Waals surface area contributed by atoms with E-state index in [2.05, 4.69) is 10.3 Å². The average Bonchev–Trinajstić information content (AvgIpc) is 3.01. The van der Waals surface area contributed by atoms with Crippen LogP contribution >= 0.6 is 11.3 Å². The third-order valence-corrected chi connectivity index (χ3v) is 4.19. The van der Waals surface area contributed by atoms with Crippen LogP contribution in [-0.4, -0.2) is 22.9 Å². The van der Waals surface area contributed by atoms with Crippen LogP contribution in [-0.2, 0) is 9.59 Å². The fourth-order valence-electron chi connectivity index (χ4n) is 1.96. The molecule has 1 atom stereocenters. The van der Waals surface area contributed by atoms with Gasteiger partial charge >= 0.3 is 5.97 Å². The Morgan fingerprint density at radius 2 is 1.96 bits per heavy atom. The van der Waals surface area contributed by atoms with Crippen molar-refractivity contribution in [2.75, 3.05) is 0 Å². The van der Waals surface area contributed by atoms with E-state index >= 15 is 0 Å². The highest BCUT2D eigenvalue weighted by molar-refractivity contribution is 7.16. The van der Waals surface area contributed by atoms with Crippen LogP contribution in [0.2, 0.25) is 0 Å². The predicted octanol–water partition coefficient (Wildman–Crippen LogP) is 3.27. The van der Waals surface area contributed by atoms with Gasteiger partial charge in [-0.15, -0.1) is 0 Å². The Balaban J connectivity index is 2.07. The Morgan fingerprint density at radius 3 is 2.57 bits per heavy atom. The number of hydrogen-bond acceptors (Lipinski definition) is 5. The number of nitrogens with zero attached hydrogens (tertiary/aromatic N) is 1. The second-order valence-corrected chi connectivity index (χ2v) is 6.41. The van der Waals surface area contributed by atoms with Gasteiger partial charge in [-0.3, -0.25) is 4.79 Å². The highest BCUT2D eigenvalue weighted by atomic mass is 32.1. The van der Waals surface area contributed by atoms with E-state index in [-0.39, 0.29) is 11.8 Å². The lowest BCUT2D eigenvalue weighted by atomic mass is 10.0. The topological polar surface area (TPSA) is 68.3 Å². The summed E-state index contributed by atoms with van der Waals surface area (Å²) in [6, 6.07) is 9.02. The Bertz CT molecular complexity index is 667. The molecule has 0 saturated carbocycles. The molecule has 0 spiro atoms. The molecule has 5 nitrogen and oxygen atoms in total. The van der Waals surface area contributed by atoms with Crippen LogP contribution in [0.3, 0.4) is 0 Å². The molecule has 1 amide bonds. The first-order valence-corrected chi connectivity index (χ1v) is 8.35. The van der Waals surface area contributed by atoms with Gasteiger partial charge in [-0.05, 0) is 5.92 Å². The number of carbonyl (C=O) groups excluding carboxylic acids is 2. The number of hydrogen-bond donors (Lipinski definition) is 1. The standard InChI is InChI=1S/C17H20N2O3S/c1-4-13(20)19-15(11(2)3)17(21)22-14-10-18-16(23-14)12-8-6-5-7-9-12/h5-11,15H,4H2,1-3H3,(H,19,20)/t15-/m0/s1. The lowest BCUT2D eigenvalue weighted by Gasteiger charge is -2.19. The van der Waals surface area contributed by atoms with Crippen LogP contribution in [0, 0.1) is 5.92 Å². The van der Waals surface area contributed by atoms with Crippen molar-refractivity contribution in [2.24, 2.45) is 5.92 Å². The first-order valence-electron chi connectivity index (χ1n) is 7.53. The van der Waals surface area contributed by atoms with E-state index in [4.69, 9.17) is 4.74 Å². The lowest BCUT2D eigenvalue weighted by Crippen LogP contribution is -2.46. The van der Waals surface area contributed by atoms with Crippen LogP contribution in [0.5, 0.6) is 5.06 Å². The van der Waals surface area contributed by atoms with Crippen molar-refractivity contribution in [1.82, 2.24) is 10.3 Å². The maximum absolute atomic E-state index is 12.3. The van der Waals surface area contributed by atoms with Crippen molar-refractivity contribution in [1.29, 1.82) is 0 Å². The maximum atomic E-state index is 12.3. The van der Waals surface area contributed by atoms with Gasteiger partial charge in [0.1, 0.15) is 11.0 Å². The molecule has 0 bridgehead atoms. The zero-order valence-corrected chi connectivity index (χ0v) is 14.2. The minimum Gasteiger partial charge on any atom is -0.412 e. The van der Waals surface area contributed by atoms with Crippen LogP contribution in [0.4, 0.5) is 0 Å². The molecule has 0 aliphatic rings. The first-order chi connectivity index (χ1) is 11.0. The van der Waals surface area contributed by atoms with E-state index in [0.717, 1.165) is 10.6 Å². The van der Waals surface area contributed by atoms with Gasteiger partial charge in [0, 0.05) is 12.0 Å². The number of thiazole rings is 1. The van der Waals surface area contributed by atoms with Crippen molar-refractivity contribution in [3.8, 4) is 15.6 Å². The van der Waals surface area contributed by atoms with Gasteiger partial charge in [-0.2, -0.15) is 0 Å². The van der Waals surface area contributed by atoms with E-state index in [9.17, 15) is 9.59 Å². The third kappa shape index (κ3) is 4.63. The summed E-state index contributed by atoms with van der Waals surface area (Å²) in [5, 5.41) is 3.90. The van der Waals surface area contributed by atoms with Crippen molar-refractivity contribution in [2.45, 2.75) is 33.2 Å². The highest BCUT2D eigenvalue weighted by Gasteiger charge is 2.26. The summed E-state index contributed by atoms with van der Waals surface area (Å²) >= 11 is 1.30. The van der Waals surface area contributed by atoms with Crippen LogP contribution in [0.15, 0.2) is 36.5 Å². The predicted molar refractivity (Wildman–Crippen MR) is 90.2 cm³/mol. The molecule has 0 fully saturated rings. The fourth-order valence-corrected chi connectivity index (χ4v) is 2.74. The molecule has 1 aromatic carbocycles. The molecule has 0 unspecified atom stereocenters. The Morgan fingerprint density at radius 1 is 1.26 bits per heavy atom. The third-order valence-electron chi connectivity index (χ3n) is 3.26. The molecule has 1 N–H and O–H groups in total. The summed E-state index contributed by atoms with van der Waals surface area (Å²) in [5.74, 6) is -0.695. The normalized spacial score (nSPS) is 12.0. The summed E-state index contributed by atoms with van der Waals surface area (Å²) in [6.45, 7) is 5.47. The molecule has 23 heavy (non-hydrogen) atoms. The van der Waals surface area contributed by atoms with E-state index in [1.807, 2.05) is 44.2 Å². The van der Waals surface area contributed by atoms with E-state index in [1.165, 1.54) is 17.5 Å². The molecule has 2 aromatic rings. The van der Waals surface area contributed by atoms with E-state index < -0.39 is 12.0 Å². The number of aromatic nitrogens is 1. The number of carbonyl (C=O) groups is 2. The minimum atomic E-state index is -0.662.